The van der Waals surface area contributed by atoms with E-state index in [4.69, 9.17) is 0 Å². The van der Waals surface area contributed by atoms with Crippen molar-refractivity contribution in [2.75, 3.05) is 26.7 Å². The lowest BCUT2D eigenvalue weighted by molar-refractivity contribution is -0.132. The summed E-state index contributed by atoms with van der Waals surface area (Å²) in [4.78, 5) is 16.7. The van der Waals surface area contributed by atoms with Gasteiger partial charge >= 0.3 is 0 Å². The zero-order valence-corrected chi connectivity index (χ0v) is 11.3. The number of likely N-dealkylation sites (N-methyl/N-ethyl adjacent to an activating group) is 1. The van der Waals surface area contributed by atoms with Crippen LogP contribution < -0.4 is 5.32 Å². The van der Waals surface area contributed by atoms with Crippen molar-refractivity contribution in [2.45, 2.75) is 51.2 Å². The Hall–Kier alpha value is -0.610. The molecule has 3 atom stereocenters. The molecule has 98 valence electrons. The van der Waals surface area contributed by atoms with E-state index in [1.165, 1.54) is 0 Å². The van der Waals surface area contributed by atoms with Crippen LogP contribution in [0.15, 0.2) is 0 Å². The van der Waals surface area contributed by atoms with Crippen molar-refractivity contribution < 1.29 is 4.79 Å². The third-order valence-electron chi connectivity index (χ3n) is 4.31. The molecule has 2 fully saturated rings. The minimum atomic E-state index is 0.0787. The Morgan fingerprint density at radius 1 is 1.35 bits per heavy atom. The first-order valence-corrected chi connectivity index (χ1v) is 6.87. The lowest BCUT2D eigenvalue weighted by Crippen LogP contribution is -2.49. The highest BCUT2D eigenvalue weighted by Crippen LogP contribution is 2.24. The summed E-state index contributed by atoms with van der Waals surface area (Å²) in [5.74, 6) is 0.327. The fourth-order valence-electron chi connectivity index (χ4n) is 3.05. The van der Waals surface area contributed by atoms with Gasteiger partial charge in [0.2, 0.25) is 5.91 Å². The predicted molar refractivity (Wildman–Crippen MR) is 68.9 cm³/mol. The molecule has 0 aliphatic carbocycles. The molecule has 3 unspecified atom stereocenters. The number of amides is 1. The summed E-state index contributed by atoms with van der Waals surface area (Å²) >= 11 is 0. The number of piperidine rings is 1. The van der Waals surface area contributed by atoms with Crippen molar-refractivity contribution in [1.29, 1.82) is 0 Å². The number of hydrogen-bond donors (Lipinski definition) is 1. The highest BCUT2D eigenvalue weighted by atomic mass is 16.2. The lowest BCUT2D eigenvalue weighted by atomic mass is 9.98. The standard InChI is InChI=1S/C13H25N3O/c1-4-14-12-6-8-16(13(12)17)11-5-7-15(3)10(2)9-11/h10-12,14H,4-9H2,1-3H3. The van der Waals surface area contributed by atoms with Gasteiger partial charge in [-0.1, -0.05) is 6.92 Å². The van der Waals surface area contributed by atoms with E-state index in [0.29, 0.717) is 18.0 Å². The number of nitrogens with zero attached hydrogens (tertiary/aromatic N) is 2. The van der Waals surface area contributed by atoms with Gasteiger partial charge in [-0.15, -0.1) is 0 Å². The molecule has 0 aromatic carbocycles. The van der Waals surface area contributed by atoms with Crippen molar-refractivity contribution in [2.24, 2.45) is 0 Å². The molecule has 1 N–H and O–H groups in total. The van der Waals surface area contributed by atoms with Crippen LogP contribution in [0.5, 0.6) is 0 Å². The summed E-state index contributed by atoms with van der Waals surface area (Å²) in [6.45, 7) is 7.26. The quantitative estimate of drug-likeness (QED) is 0.786. The Balaban J connectivity index is 1.93. The third-order valence-corrected chi connectivity index (χ3v) is 4.31. The highest BCUT2D eigenvalue weighted by Gasteiger charge is 2.37. The van der Waals surface area contributed by atoms with Crippen LogP contribution in [0.1, 0.15) is 33.1 Å². The summed E-state index contributed by atoms with van der Waals surface area (Å²) in [7, 11) is 2.17. The van der Waals surface area contributed by atoms with E-state index >= 15 is 0 Å². The second-order valence-corrected chi connectivity index (χ2v) is 5.44. The van der Waals surface area contributed by atoms with Gasteiger partial charge in [-0.2, -0.15) is 0 Å². The van der Waals surface area contributed by atoms with Gasteiger partial charge in [0.05, 0.1) is 6.04 Å². The molecule has 2 aliphatic rings. The van der Waals surface area contributed by atoms with Crippen LogP contribution in [0, 0.1) is 0 Å². The molecule has 4 nitrogen and oxygen atoms in total. The summed E-state index contributed by atoms with van der Waals surface area (Å²) in [6, 6.07) is 1.15. The smallest absolute Gasteiger partial charge is 0.240 e. The lowest BCUT2D eigenvalue weighted by Gasteiger charge is -2.39. The largest absolute Gasteiger partial charge is 0.338 e. The molecular weight excluding hydrogens is 214 g/mol. The van der Waals surface area contributed by atoms with Gasteiger partial charge in [-0.25, -0.2) is 0 Å². The fourth-order valence-corrected chi connectivity index (χ4v) is 3.05. The van der Waals surface area contributed by atoms with E-state index in [9.17, 15) is 4.79 Å². The monoisotopic (exact) mass is 239 g/mol. The first-order chi connectivity index (χ1) is 8.13. The molecule has 0 spiro atoms. The Morgan fingerprint density at radius 2 is 2.12 bits per heavy atom. The second kappa shape index (κ2) is 5.36. The summed E-state index contributed by atoms with van der Waals surface area (Å²) < 4.78 is 0. The molecule has 1 amide bonds. The Morgan fingerprint density at radius 3 is 2.76 bits per heavy atom. The first-order valence-electron chi connectivity index (χ1n) is 6.87. The van der Waals surface area contributed by atoms with E-state index < -0.39 is 0 Å². The van der Waals surface area contributed by atoms with Gasteiger partial charge in [0, 0.05) is 25.2 Å². The molecule has 0 bridgehead atoms. The maximum atomic E-state index is 12.2. The van der Waals surface area contributed by atoms with E-state index in [-0.39, 0.29) is 6.04 Å². The van der Waals surface area contributed by atoms with Gasteiger partial charge in [0.15, 0.2) is 0 Å². The highest BCUT2D eigenvalue weighted by molar-refractivity contribution is 5.84. The predicted octanol–water partition coefficient (Wildman–Crippen LogP) is 0.680. The first kappa shape index (κ1) is 12.8. The van der Waals surface area contributed by atoms with Crippen LogP contribution in [0.4, 0.5) is 0 Å². The zero-order chi connectivity index (χ0) is 12.4. The molecule has 0 aromatic heterocycles. The average molecular weight is 239 g/mol. The third kappa shape index (κ3) is 2.63. The minimum absolute atomic E-state index is 0.0787. The normalized spacial score (nSPS) is 35.6. The molecule has 17 heavy (non-hydrogen) atoms. The van der Waals surface area contributed by atoms with E-state index in [1.807, 2.05) is 0 Å². The second-order valence-electron chi connectivity index (χ2n) is 5.44. The molecule has 4 heteroatoms. The topological polar surface area (TPSA) is 35.6 Å². The van der Waals surface area contributed by atoms with Gasteiger partial charge in [0.25, 0.3) is 0 Å². The van der Waals surface area contributed by atoms with Crippen molar-refractivity contribution in [3.05, 3.63) is 0 Å². The summed E-state index contributed by atoms with van der Waals surface area (Å²) in [5.41, 5.74) is 0. The van der Waals surface area contributed by atoms with Crippen molar-refractivity contribution in [3.63, 3.8) is 0 Å². The Kier molecular flexibility index (Phi) is 4.05. The van der Waals surface area contributed by atoms with Crippen LogP contribution in [0.2, 0.25) is 0 Å². The number of rotatable bonds is 3. The fraction of sp³-hybridized carbons (Fsp3) is 0.923. The van der Waals surface area contributed by atoms with Gasteiger partial charge in [-0.3, -0.25) is 4.79 Å². The maximum absolute atomic E-state index is 12.2. The SMILES string of the molecule is CCNC1CCN(C2CCN(C)C(C)C2)C1=O. The van der Waals surface area contributed by atoms with E-state index in [0.717, 1.165) is 38.9 Å². The summed E-state index contributed by atoms with van der Waals surface area (Å²) in [6.07, 6.45) is 3.24. The van der Waals surface area contributed by atoms with Gasteiger partial charge in [-0.05, 0) is 39.8 Å². The average Bonchev–Trinajstić information content (AvgIpc) is 2.66. The number of carbonyl (C=O) groups is 1. The van der Waals surface area contributed by atoms with Crippen molar-refractivity contribution >= 4 is 5.91 Å². The molecule has 0 saturated carbocycles. The molecule has 2 saturated heterocycles. The molecule has 2 rings (SSSR count). The van der Waals surface area contributed by atoms with Crippen molar-refractivity contribution in [1.82, 2.24) is 15.1 Å². The van der Waals surface area contributed by atoms with Crippen LogP contribution in [0.3, 0.4) is 0 Å². The minimum Gasteiger partial charge on any atom is -0.338 e. The molecular formula is C13H25N3O. The van der Waals surface area contributed by atoms with Crippen LogP contribution in [-0.4, -0.2) is 60.5 Å². The Bertz CT molecular complexity index is 282. The zero-order valence-electron chi connectivity index (χ0n) is 11.3. The molecule has 0 aromatic rings. The molecule has 2 heterocycles. The van der Waals surface area contributed by atoms with Gasteiger partial charge < -0.3 is 15.1 Å². The van der Waals surface area contributed by atoms with Gasteiger partial charge in [0.1, 0.15) is 0 Å². The van der Waals surface area contributed by atoms with Crippen LogP contribution in [-0.2, 0) is 4.79 Å². The van der Waals surface area contributed by atoms with E-state index in [2.05, 4.69) is 36.0 Å². The summed E-state index contributed by atoms with van der Waals surface area (Å²) in [5, 5.41) is 3.28. The van der Waals surface area contributed by atoms with Crippen LogP contribution >= 0.6 is 0 Å². The van der Waals surface area contributed by atoms with E-state index in [1.54, 1.807) is 0 Å². The number of carbonyl (C=O) groups excluding carboxylic acids is 1. The van der Waals surface area contributed by atoms with Crippen LogP contribution in [0.25, 0.3) is 0 Å². The maximum Gasteiger partial charge on any atom is 0.240 e. The molecule has 2 aliphatic heterocycles. The Labute approximate surface area is 104 Å². The number of hydrogen-bond acceptors (Lipinski definition) is 3. The number of likely N-dealkylation sites (tertiary alicyclic amines) is 2. The number of nitrogens with one attached hydrogen (secondary N) is 1. The molecule has 0 radical (unpaired) electrons. The van der Waals surface area contributed by atoms with Crippen molar-refractivity contribution in [3.8, 4) is 0 Å².